The molecule has 2 rings (SSSR count). The minimum absolute atomic E-state index is 0.156. The Morgan fingerprint density at radius 1 is 1.16 bits per heavy atom. The smallest absolute Gasteiger partial charge is 0.304 e. The van der Waals surface area contributed by atoms with Crippen LogP contribution in [-0.2, 0) is 15.0 Å². The molecule has 0 radical (unpaired) electrons. The minimum atomic E-state index is -3.76. The van der Waals surface area contributed by atoms with Gasteiger partial charge in [0.25, 0.3) is 0 Å². The van der Waals surface area contributed by atoms with Crippen LogP contribution in [0.2, 0.25) is 0 Å². The van der Waals surface area contributed by atoms with Gasteiger partial charge < -0.3 is 5.32 Å². The van der Waals surface area contributed by atoms with Crippen molar-refractivity contribution in [1.82, 2.24) is 9.62 Å². The van der Waals surface area contributed by atoms with E-state index in [9.17, 15) is 13.2 Å². The number of rotatable bonds is 6. The normalized spacial score (nSPS) is 16.0. The van der Waals surface area contributed by atoms with Crippen LogP contribution in [0.25, 0.3) is 0 Å². The van der Waals surface area contributed by atoms with Crippen LogP contribution < -0.4 is 9.62 Å². The van der Waals surface area contributed by atoms with E-state index in [0.29, 0.717) is 5.69 Å². The Kier molecular flexibility index (Phi) is 6.46. The zero-order valence-electron chi connectivity index (χ0n) is 15.6. The molecule has 1 aromatic rings. The Labute approximate surface area is 151 Å². The molecule has 1 aliphatic rings. The quantitative estimate of drug-likeness (QED) is 0.839. The highest BCUT2D eigenvalue weighted by Crippen LogP contribution is 2.25. The minimum Gasteiger partial charge on any atom is -0.352 e. The Morgan fingerprint density at radius 3 is 2.40 bits per heavy atom. The topological polar surface area (TPSA) is 69.7 Å². The fraction of sp³-hybridized carbons (Fsp3) is 0.611. The molecule has 1 N–H and O–H groups in total. The van der Waals surface area contributed by atoms with Gasteiger partial charge in [-0.1, -0.05) is 31.4 Å². The average molecular weight is 368 g/mol. The molecule has 0 spiro atoms. The van der Waals surface area contributed by atoms with E-state index < -0.39 is 10.2 Å². The van der Waals surface area contributed by atoms with Crippen LogP contribution in [0.3, 0.4) is 0 Å². The standard InChI is InChI=1S/C18H29N3O3S/c1-14-10-11-15(2)17(12-14)21(25(23,24)20(3)4)13-18(22)19-16-8-6-5-7-9-16/h10-12,16H,5-9,13H2,1-4H3,(H,19,22). The monoisotopic (exact) mass is 367 g/mol. The molecule has 1 aromatic carbocycles. The van der Waals surface area contributed by atoms with E-state index in [1.807, 2.05) is 32.0 Å². The van der Waals surface area contributed by atoms with E-state index in [1.54, 1.807) is 0 Å². The van der Waals surface area contributed by atoms with E-state index in [2.05, 4.69) is 5.32 Å². The van der Waals surface area contributed by atoms with Gasteiger partial charge in [0.1, 0.15) is 6.54 Å². The summed E-state index contributed by atoms with van der Waals surface area (Å²) in [5.41, 5.74) is 2.32. The maximum atomic E-state index is 12.8. The number of carbonyl (C=O) groups is 1. The number of hydrogen-bond acceptors (Lipinski definition) is 3. The Bertz CT molecular complexity index is 710. The van der Waals surface area contributed by atoms with E-state index in [-0.39, 0.29) is 18.5 Å². The Balaban J connectivity index is 2.26. The molecule has 0 saturated heterocycles. The summed E-state index contributed by atoms with van der Waals surface area (Å²) in [4.78, 5) is 12.5. The number of hydrogen-bond donors (Lipinski definition) is 1. The van der Waals surface area contributed by atoms with Gasteiger partial charge in [0.05, 0.1) is 5.69 Å². The average Bonchev–Trinajstić information content (AvgIpc) is 2.55. The summed E-state index contributed by atoms with van der Waals surface area (Å²) in [6.07, 6.45) is 5.37. The summed E-state index contributed by atoms with van der Waals surface area (Å²) in [6.45, 7) is 3.55. The van der Waals surface area contributed by atoms with Crippen LogP contribution in [0.15, 0.2) is 18.2 Å². The molecule has 0 bridgehead atoms. The fourth-order valence-corrected chi connectivity index (χ4v) is 4.25. The zero-order chi connectivity index (χ0) is 18.6. The zero-order valence-corrected chi connectivity index (χ0v) is 16.4. The fourth-order valence-electron chi connectivity index (χ4n) is 3.13. The van der Waals surface area contributed by atoms with Crippen LogP contribution in [0.4, 0.5) is 5.69 Å². The van der Waals surface area contributed by atoms with Gasteiger partial charge in [-0.2, -0.15) is 12.7 Å². The molecule has 1 amide bonds. The van der Waals surface area contributed by atoms with Gasteiger partial charge in [0.15, 0.2) is 0 Å². The lowest BCUT2D eigenvalue weighted by molar-refractivity contribution is -0.120. The van der Waals surface area contributed by atoms with Crippen molar-refractivity contribution in [1.29, 1.82) is 0 Å². The van der Waals surface area contributed by atoms with E-state index in [4.69, 9.17) is 0 Å². The molecular formula is C18H29N3O3S. The lowest BCUT2D eigenvalue weighted by Gasteiger charge is -2.30. The number of aryl methyl sites for hydroxylation is 2. The second-order valence-electron chi connectivity index (χ2n) is 6.99. The summed E-state index contributed by atoms with van der Waals surface area (Å²) in [5, 5.41) is 3.00. The van der Waals surface area contributed by atoms with Crippen molar-refractivity contribution in [2.24, 2.45) is 0 Å². The van der Waals surface area contributed by atoms with Gasteiger partial charge in [0.2, 0.25) is 5.91 Å². The Morgan fingerprint density at radius 2 is 1.80 bits per heavy atom. The summed E-state index contributed by atoms with van der Waals surface area (Å²) in [7, 11) is -0.804. The molecule has 1 aliphatic carbocycles. The van der Waals surface area contributed by atoms with Gasteiger partial charge in [-0.15, -0.1) is 0 Å². The molecule has 1 saturated carbocycles. The second kappa shape index (κ2) is 8.19. The SMILES string of the molecule is Cc1ccc(C)c(N(CC(=O)NC2CCCCC2)S(=O)(=O)N(C)C)c1. The van der Waals surface area contributed by atoms with Crippen molar-refractivity contribution >= 4 is 21.8 Å². The summed E-state index contributed by atoms with van der Waals surface area (Å²) >= 11 is 0. The number of anilines is 1. The van der Waals surface area contributed by atoms with Crippen LogP contribution in [0.5, 0.6) is 0 Å². The van der Waals surface area contributed by atoms with Gasteiger partial charge in [-0.3, -0.25) is 4.79 Å². The highest BCUT2D eigenvalue weighted by atomic mass is 32.2. The van der Waals surface area contributed by atoms with E-state index in [0.717, 1.165) is 41.1 Å². The predicted molar refractivity (Wildman–Crippen MR) is 101 cm³/mol. The van der Waals surface area contributed by atoms with Crippen molar-refractivity contribution in [2.45, 2.75) is 52.0 Å². The summed E-state index contributed by atoms with van der Waals surface area (Å²) < 4.78 is 27.9. The van der Waals surface area contributed by atoms with Crippen molar-refractivity contribution in [3.05, 3.63) is 29.3 Å². The number of nitrogens with zero attached hydrogens (tertiary/aromatic N) is 2. The second-order valence-corrected chi connectivity index (χ2v) is 9.06. The Hall–Kier alpha value is -1.60. The first-order valence-electron chi connectivity index (χ1n) is 8.78. The van der Waals surface area contributed by atoms with Crippen molar-refractivity contribution < 1.29 is 13.2 Å². The van der Waals surface area contributed by atoms with Crippen LogP contribution >= 0.6 is 0 Å². The molecule has 7 heteroatoms. The predicted octanol–water partition coefficient (Wildman–Crippen LogP) is 2.37. The summed E-state index contributed by atoms with van der Waals surface area (Å²) in [5.74, 6) is -0.252. The number of benzene rings is 1. The van der Waals surface area contributed by atoms with Crippen molar-refractivity contribution in [3.63, 3.8) is 0 Å². The molecule has 0 atom stereocenters. The van der Waals surface area contributed by atoms with E-state index >= 15 is 0 Å². The van der Waals surface area contributed by atoms with Crippen LogP contribution in [0, 0.1) is 13.8 Å². The van der Waals surface area contributed by atoms with Gasteiger partial charge in [0, 0.05) is 20.1 Å². The van der Waals surface area contributed by atoms with Gasteiger partial charge in [-0.25, -0.2) is 4.31 Å². The first-order chi connectivity index (χ1) is 11.7. The number of carbonyl (C=O) groups excluding carboxylic acids is 1. The van der Waals surface area contributed by atoms with Crippen LogP contribution in [0.1, 0.15) is 43.2 Å². The maximum Gasteiger partial charge on any atom is 0.304 e. The molecule has 140 valence electrons. The lowest BCUT2D eigenvalue weighted by atomic mass is 9.95. The summed E-state index contributed by atoms with van der Waals surface area (Å²) in [6, 6.07) is 5.77. The third-order valence-corrected chi connectivity index (χ3v) is 6.44. The lowest BCUT2D eigenvalue weighted by Crippen LogP contribution is -2.48. The highest BCUT2D eigenvalue weighted by Gasteiger charge is 2.29. The largest absolute Gasteiger partial charge is 0.352 e. The van der Waals surface area contributed by atoms with Gasteiger partial charge >= 0.3 is 10.2 Å². The molecule has 25 heavy (non-hydrogen) atoms. The number of nitrogens with one attached hydrogen (secondary N) is 1. The van der Waals surface area contributed by atoms with Gasteiger partial charge in [-0.05, 0) is 43.9 Å². The molecule has 0 aliphatic heterocycles. The first-order valence-corrected chi connectivity index (χ1v) is 10.2. The molecule has 1 fully saturated rings. The molecule has 0 heterocycles. The molecule has 0 unspecified atom stereocenters. The van der Waals surface area contributed by atoms with Crippen molar-refractivity contribution in [2.75, 3.05) is 24.9 Å². The highest BCUT2D eigenvalue weighted by molar-refractivity contribution is 7.90. The van der Waals surface area contributed by atoms with E-state index in [1.165, 1.54) is 24.8 Å². The first kappa shape index (κ1) is 19.7. The third-order valence-electron chi connectivity index (χ3n) is 4.63. The molecule has 0 aromatic heterocycles. The molecular weight excluding hydrogens is 338 g/mol. The molecule has 6 nitrogen and oxygen atoms in total. The maximum absolute atomic E-state index is 12.8. The van der Waals surface area contributed by atoms with Crippen LogP contribution in [-0.4, -0.2) is 45.3 Å². The van der Waals surface area contributed by atoms with Crippen molar-refractivity contribution in [3.8, 4) is 0 Å². The number of amides is 1. The third kappa shape index (κ3) is 4.95.